The van der Waals surface area contributed by atoms with E-state index in [4.69, 9.17) is 0 Å². The van der Waals surface area contributed by atoms with E-state index in [-0.39, 0.29) is 11.8 Å². The molecule has 2 aromatic heterocycles. The maximum absolute atomic E-state index is 12.4. The predicted octanol–water partition coefficient (Wildman–Crippen LogP) is 3.23. The number of benzene rings is 2. The van der Waals surface area contributed by atoms with Crippen LogP contribution in [0.4, 0.5) is 11.4 Å². The summed E-state index contributed by atoms with van der Waals surface area (Å²) in [4.78, 5) is 25.1. The number of aromatic nitrogens is 4. The Morgan fingerprint density at radius 3 is 2.14 bits per heavy atom. The van der Waals surface area contributed by atoms with Gasteiger partial charge in [-0.2, -0.15) is 0 Å². The standard InChI is InChI=1S/C19H14N6O2S/c26-18(21-15-7-9-16(10-8-15)25-12-20-23-24-25)13-3-5-14(6-4-13)22-19(27)17-2-1-11-28-17/h1-12H,(H,21,26)(H,22,27). The van der Waals surface area contributed by atoms with E-state index in [0.717, 1.165) is 5.69 Å². The Morgan fingerprint density at radius 1 is 0.857 bits per heavy atom. The summed E-state index contributed by atoms with van der Waals surface area (Å²) in [6.07, 6.45) is 1.49. The number of hydrogen-bond donors (Lipinski definition) is 2. The fraction of sp³-hybridized carbons (Fsp3) is 0. The SMILES string of the molecule is O=C(Nc1ccc(-n2cnnn2)cc1)c1ccc(NC(=O)c2cccs2)cc1. The molecule has 0 aliphatic heterocycles. The van der Waals surface area contributed by atoms with E-state index < -0.39 is 0 Å². The lowest BCUT2D eigenvalue weighted by molar-refractivity contribution is 0.102. The highest BCUT2D eigenvalue weighted by Crippen LogP contribution is 2.16. The van der Waals surface area contributed by atoms with E-state index >= 15 is 0 Å². The number of tetrazole rings is 1. The molecular weight excluding hydrogens is 376 g/mol. The Bertz CT molecular complexity index is 1070. The van der Waals surface area contributed by atoms with Crippen LogP contribution in [0.1, 0.15) is 20.0 Å². The molecule has 2 N–H and O–H groups in total. The molecule has 0 bridgehead atoms. The van der Waals surface area contributed by atoms with Crippen LogP contribution in [0, 0.1) is 0 Å². The maximum Gasteiger partial charge on any atom is 0.265 e. The molecule has 28 heavy (non-hydrogen) atoms. The monoisotopic (exact) mass is 390 g/mol. The van der Waals surface area contributed by atoms with E-state index in [1.165, 1.54) is 22.3 Å². The van der Waals surface area contributed by atoms with Gasteiger partial charge in [0.2, 0.25) is 0 Å². The third kappa shape index (κ3) is 3.94. The van der Waals surface area contributed by atoms with Crippen molar-refractivity contribution < 1.29 is 9.59 Å². The summed E-state index contributed by atoms with van der Waals surface area (Å²) >= 11 is 1.37. The Morgan fingerprint density at radius 2 is 1.54 bits per heavy atom. The molecule has 0 radical (unpaired) electrons. The van der Waals surface area contributed by atoms with Gasteiger partial charge in [0.25, 0.3) is 11.8 Å². The van der Waals surface area contributed by atoms with Gasteiger partial charge in [-0.05, 0) is 70.4 Å². The van der Waals surface area contributed by atoms with E-state index in [2.05, 4.69) is 26.2 Å². The van der Waals surface area contributed by atoms with Gasteiger partial charge in [-0.25, -0.2) is 4.68 Å². The Balaban J connectivity index is 1.39. The molecule has 0 aliphatic rings. The first kappa shape index (κ1) is 17.6. The molecule has 0 aliphatic carbocycles. The summed E-state index contributed by atoms with van der Waals surface area (Å²) < 4.78 is 1.52. The van der Waals surface area contributed by atoms with Gasteiger partial charge in [0.15, 0.2) is 0 Å². The first-order chi connectivity index (χ1) is 13.7. The Hall–Kier alpha value is -3.85. The fourth-order valence-corrected chi connectivity index (χ4v) is 3.10. The average molecular weight is 390 g/mol. The number of rotatable bonds is 5. The second kappa shape index (κ2) is 7.80. The Labute approximate surface area is 163 Å². The average Bonchev–Trinajstić information content (AvgIpc) is 3.43. The molecule has 0 fully saturated rings. The number of amides is 2. The lowest BCUT2D eigenvalue weighted by Crippen LogP contribution is -2.13. The van der Waals surface area contributed by atoms with Crippen LogP contribution in [-0.4, -0.2) is 32.0 Å². The second-order valence-corrected chi connectivity index (χ2v) is 6.71. The number of nitrogens with zero attached hydrogens (tertiary/aromatic N) is 4. The van der Waals surface area contributed by atoms with Crippen molar-refractivity contribution in [1.82, 2.24) is 20.2 Å². The first-order valence-electron chi connectivity index (χ1n) is 8.29. The smallest absolute Gasteiger partial charge is 0.265 e. The lowest BCUT2D eigenvalue weighted by atomic mass is 10.2. The molecule has 138 valence electrons. The van der Waals surface area contributed by atoms with Crippen molar-refractivity contribution in [2.75, 3.05) is 10.6 Å². The quantitative estimate of drug-likeness (QED) is 0.545. The number of carbonyl (C=O) groups is 2. The van der Waals surface area contributed by atoms with Crippen LogP contribution in [0.3, 0.4) is 0 Å². The summed E-state index contributed by atoms with van der Waals surface area (Å²) in [6, 6.07) is 17.4. The van der Waals surface area contributed by atoms with Crippen LogP contribution in [0.5, 0.6) is 0 Å². The molecule has 0 unspecified atom stereocenters. The second-order valence-electron chi connectivity index (χ2n) is 5.76. The molecule has 0 saturated heterocycles. The zero-order valence-corrected chi connectivity index (χ0v) is 15.3. The third-order valence-electron chi connectivity index (χ3n) is 3.89. The molecule has 0 saturated carbocycles. The molecule has 4 rings (SSSR count). The van der Waals surface area contributed by atoms with Crippen molar-refractivity contribution in [2.45, 2.75) is 0 Å². The highest BCUT2D eigenvalue weighted by Gasteiger charge is 2.09. The summed E-state index contributed by atoms with van der Waals surface area (Å²) in [5.74, 6) is -0.416. The van der Waals surface area contributed by atoms with Gasteiger partial charge < -0.3 is 10.6 Å². The van der Waals surface area contributed by atoms with Crippen molar-refractivity contribution in [3.63, 3.8) is 0 Å². The Kier molecular flexibility index (Phi) is 4.89. The molecule has 0 atom stereocenters. The number of thiophene rings is 1. The topological polar surface area (TPSA) is 102 Å². The number of hydrogen-bond acceptors (Lipinski definition) is 6. The summed E-state index contributed by atoms with van der Waals surface area (Å²) in [7, 11) is 0. The molecular formula is C19H14N6O2S. The van der Waals surface area contributed by atoms with Crippen molar-refractivity contribution in [3.8, 4) is 5.69 Å². The largest absolute Gasteiger partial charge is 0.322 e. The summed E-state index contributed by atoms with van der Waals surface area (Å²) in [5.41, 5.74) is 2.55. The van der Waals surface area contributed by atoms with E-state index in [1.807, 2.05) is 11.4 Å². The van der Waals surface area contributed by atoms with Gasteiger partial charge >= 0.3 is 0 Å². The zero-order chi connectivity index (χ0) is 19.3. The fourth-order valence-electron chi connectivity index (χ4n) is 2.49. The normalized spacial score (nSPS) is 10.4. The minimum atomic E-state index is -0.244. The van der Waals surface area contributed by atoms with Gasteiger partial charge in [-0.1, -0.05) is 6.07 Å². The predicted molar refractivity (Wildman–Crippen MR) is 106 cm³/mol. The van der Waals surface area contributed by atoms with Crippen LogP contribution in [0.15, 0.2) is 72.4 Å². The van der Waals surface area contributed by atoms with Crippen LogP contribution in [-0.2, 0) is 0 Å². The molecule has 2 heterocycles. The molecule has 0 spiro atoms. The molecule has 2 aromatic carbocycles. The van der Waals surface area contributed by atoms with Gasteiger partial charge in [-0.3, -0.25) is 9.59 Å². The van der Waals surface area contributed by atoms with Gasteiger partial charge in [0.1, 0.15) is 6.33 Å². The molecule has 9 heteroatoms. The van der Waals surface area contributed by atoms with Gasteiger partial charge in [0.05, 0.1) is 10.6 Å². The van der Waals surface area contributed by atoms with Crippen LogP contribution in [0.2, 0.25) is 0 Å². The number of nitrogens with one attached hydrogen (secondary N) is 2. The highest BCUT2D eigenvalue weighted by molar-refractivity contribution is 7.12. The van der Waals surface area contributed by atoms with Crippen LogP contribution >= 0.6 is 11.3 Å². The van der Waals surface area contributed by atoms with Crippen molar-refractivity contribution in [1.29, 1.82) is 0 Å². The van der Waals surface area contributed by atoms with Gasteiger partial charge in [-0.15, -0.1) is 16.4 Å². The van der Waals surface area contributed by atoms with E-state index in [0.29, 0.717) is 21.8 Å². The summed E-state index contributed by atoms with van der Waals surface area (Å²) in [6.45, 7) is 0. The summed E-state index contributed by atoms with van der Waals surface area (Å²) in [5, 5.41) is 18.5. The highest BCUT2D eigenvalue weighted by atomic mass is 32.1. The molecule has 2 amide bonds. The van der Waals surface area contributed by atoms with Gasteiger partial charge in [0, 0.05) is 16.9 Å². The van der Waals surface area contributed by atoms with Crippen molar-refractivity contribution in [2.24, 2.45) is 0 Å². The molecule has 8 nitrogen and oxygen atoms in total. The van der Waals surface area contributed by atoms with Crippen LogP contribution in [0.25, 0.3) is 5.69 Å². The van der Waals surface area contributed by atoms with Crippen molar-refractivity contribution >= 4 is 34.5 Å². The van der Waals surface area contributed by atoms with Crippen LogP contribution < -0.4 is 10.6 Å². The maximum atomic E-state index is 12.4. The number of anilines is 2. The first-order valence-corrected chi connectivity index (χ1v) is 9.17. The van der Waals surface area contributed by atoms with E-state index in [9.17, 15) is 9.59 Å². The number of carbonyl (C=O) groups excluding carboxylic acids is 2. The third-order valence-corrected chi connectivity index (χ3v) is 4.76. The minimum absolute atomic E-state index is 0.171. The minimum Gasteiger partial charge on any atom is -0.322 e. The van der Waals surface area contributed by atoms with E-state index in [1.54, 1.807) is 54.6 Å². The zero-order valence-electron chi connectivity index (χ0n) is 14.4. The van der Waals surface area contributed by atoms with Crippen molar-refractivity contribution in [3.05, 3.63) is 82.8 Å². The lowest BCUT2D eigenvalue weighted by Gasteiger charge is -2.08. The molecule has 4 aromatic rings.